The van der Waals surface area contributed by atoms with Gasteiger partial charge in [-0.05, 0) is 67.4 Å². The van der Waals surface area contributed by atoms with Gasteiger partial charge < -0.3 is 14.4 Å². The molecular formula is C25H25BrN2O4S. The number of anilines is 1. The zero-order chi connectivity index (χ0) is 22.8. The van der Waals surface area contributed by atoms with Crippen LogP contribution in [0.15, 0.2) is 82.2 Å². The van der Waals surface area contributed by atoms with E-state index in [9.17, 15) is 8.42 Å². The number of sulfonamides is 1. The van der Waals surface area contributed by atoms with E-state index in [2.05, 4.69) is 33.0 Å². The van der Waals surface area contributed by atoms with Crippen LogP contribution in [-0.4, -0.2) is 38.6 Å². The van der Waals surface area contributed by atoms with Crippen LogP contribution in [0.25, 0.3) is 0 Å². The Morgan fingerprint density at radius 3 is 2.21 bits per heavy atom. The number of rotatable bonds is 5. The molecule has 0 amide bonds. The summed E-state index contributed by atoms with van der Waals surface area (Å²) in [5, 5.41) is 0. The summed E-state index contributed by atoms with van der Waals surface area (Å²) < 4.78 is 40.6. The Labute approximate surface area is 202 Å². The fraction of sp³-hybridized carbons (Fsp3) is 0.280. The molecule has 3 aromatic carbocycles. The Hall–Kier alpha value is -2.39. The highest BCUT2D eigenvalue weighted by Gasteiger charge is 2.33. The normalized spacial score (nSPS) is 17.5. The molecule has 0 atom stereocenters. The molecule has 0 aliphatic carbocycles. The van der Waals surface area contributed by atoms with Gasteiger partial charge in [-0.1, -0.05) is 34.1 Å². The van der Waals surface area contributed by atoms with E-state index >= 15 is 0 Å². The van der Waals surface area contributed by atoms with Crippen molar-refractivity contribution in [1.29, 1.82) is 0 Å². The van der Waals surface area contributed by atoms with Gasteiger partial charge in [-0.25, -0.2) is 8.42 Å². The minimum atomic E-state index is -3.55. The number of para-hydroxylation sites is 1. The van der Waals surface area contributed by atoms with Gasteiger partial charge in [-0.15, -0.1) is 0 Å². The summed E-state index contributed by atoms with van der Waals surface area (Å²) in [5.74, 6) is 1.29. The molecular weight excluding hydrogens is 504 g/mol. The van der Waals surface area contributed by atoms with Gasteiger partial charge in [0.1, 0.15) is 18.2 Å². The Balaban J connectivity index is 1.24. The highest BCUT2D eigenvalue weighted by Crippen LogP contribution is 2.32. The molecule has 0 bridgehead atoms. The lowest BCUT2D eigenvalue weighted by molar-refractivity contribution is 0.0988. The largest absolute Gasteiger partial charge is 0.457 e. The lowest BCUT2D eigenvalue weighted by Crippen LogP contribution is -2.48. The third-order valence-electron chi connectivity index (χ3n) is 6.16. The average molecular weight is 529 g/mol. The van der Waals surface area contributed by atoms with Crippen LogP contribution in [-0.2, 0) is 21.4 Å². The summed E-state index contributed by atoms with van der Waals surface area (Å²) in [6.45, 7) is 2.15. The molecule has 6 nitrogen and oxygen atoms in total. The van der Waals surface area contributed by atoms with Gasteiger partial charge in [0, 0.05) is 34.9 Å². The molecule has 0 unspecified atom stereocenters. The van der Waals surface area contributed by atoms with Crippen LogP contribution >= 0.6 is 15.9 Å². The average Bonchev–Trinajstić information content (AvgIpc) is 2.85. The summed E-state index contributed by atoms with van der Waals surface area (Å²) in [6, 6.07) is 22.7. The summed E-state index contributed by atoms with van der Waals surface area (Å²) in [7, 11) is -3.55. The minimum absolute atomic E-state index is 0.264. The van der Waals surface area contributed by atoms with Crippen molar-refractivity contribution in [2.45, 2.75) is 30.4 Å². The fourth-order valence-corrected chi connectivity index (χ4v) is 6.13. The first-order chi connectivity index (χ1) is 16.0. The molecule has 0 N–H and O–H groups in total. The van der Waals surface area contributed by atoms with Gasteiger partial charge in [0.2, 0.25) is 10.0 Å². The monoisotopic (exact) mass is 528 g/mol. The first kappa shape index (κ1) is 22.4. The number of nitrogens with zero attached hydrogens (tertiary/aromatic N) is 2. The molecule has 5 rings (SSSR count). The van der Waals surface area contributed by atoms with Crippen molar-refractivity contribution in [2.75, 3.05) is 24.7 Å². The van der Waals surface area contributed by atoms with E-state index in [4.69, 9.17) is 9.47 Å². The predicted octanol–water partition coefficient (Wildman–Crippen LogP) is 5.39. The number of halogens is 1. The van der Waals surface area contributed by atoms with Gasteiger partial charge in [0.05, 0.1) is 11.5 Å². The Kier molecular flexibility index (Phi) is 6.42. The third kappa shape index (κ3) is 4.80. The zero-order valence-corrected chi connectivity index (χ0v) is 20.5. The van der Waals surface area contributed by atoms with E-state index in [1.165, 1.54) is 11.3 Å². The number of fused-ring (bicyclic) bond motifs is 1. The molecule has 0 spiro atoms. The molecule has 8 heteroatoms. The Morgan fingerprint density at radius 1 is 0.879 bits per heavy atom. The summed E-state index contributed by atoms with van der Waals surface area (Å²) in [5.41, 5.74) is 2.38. The molecule has 0 radical (unpaired) electrons. The van der Waals surface area contributed by atoms with Crippen LogP contribution in [0.4, 0.5) is 5.69 Å². The van der Waals surface area contributed by atoms with Crippen LogP contribution in [0, 0.1) is 0 Å². The van der Waals surface area contributed by atoms with Crippen molar-refractivity contribution in [1.82, 2.24) is 4.31 Å². The van der Waals surface area contributed by atoms with Crippen molar-refractivity contribution in [3.05, 3.63) is 82.8 Å². The van der Waals surface area contributed by atoms with E-state index < -0.39 is 10.0 Å². The van der Waals surface area contributed by atoms with Crippen molar-refractivity contribution in [2.24, 2.45) is 0 Å². The first-order valence-corrected chi connectivity index (χ1v) is 13.2. The quantitative estimate of drug-likeness (QED) is 0.444. The van der Waals surface area contributed by atoms with E-state index in [1.54, 1.807) is 28.6 Å². The van der Waals surface area contributed by atoms with Gasteiger partial charge in [0.15, 0.2) is 0 Å². The third-order valence-corrected chi connectivity index (χ3v) is 8.61. The highest BCUT2D eigenvalue weighted by atomic mass is 79.9. The predicted molar refractivity (Wildman–Crippen MR) is 131 cm³/mol. The molecule has 1 fully saturated rings. The summed E-state index contributed by atoms with van der Waals surface area (Å²) in [6.07, 6.45) is 1.53. The smallest absolute Gasteiger partial charge is 0.243 e. The summed E-state index contributed by atoms with van der Waals surface area (Å²) in [4.78, 5) is 2.56. The zero-order valence-electron chi connectivity index (χ0n) is 18.1. The maximum atomic E-state index is 13.2. The fourth-order valence-electron chi connectivity index (χ4n) is 4.40. The Morgan fingerprint density at radius 2 is 1.52 bits per heavy atom. The van der Waals surface area contributed by atoms with Crippen molar-refractivity contribution in [3.8, 4) is 11.5 Å². The molecule has 2 aliphatic heterocycles. The van der Waals surface area contributed by atoms with Crippen LogP contribution in [0.1, 0.15) is 18.4 Å². The number of benzene rings is 3. The van der Waals surface area contributed by atoms with Crippen molar-refractivity contribution in [3.63, 3.8) is 0 Å². The highest BCUT2D eigenvalue weighted by molar-refractivity contribution is 9.10. The lowest BCUT2D eigenvalue weighted by Gasteiger charge is -2.41. The van der Waals surface area contributed by atoms with Gasteiger partial charge >= 0.3 is 0 Å². The van der Waals surface area contributed by atoms with Crippen LogP contribution in [0.3, 0.4) is 0 Å². The van der Waals surface area contributed by atoms with Crippen LogP contribution in [0.5, 0.6) is 11.5 Å². The Bertz CT molecular complexity index is 1210. The first-order valence-electron chi connectivity index (χ1n) is 11.0. The molecule has 2 heterocycles. The molecule has 3 aromatic rings. The number of hydrogen-bond donors (Lipinski definition) is 0. The second kappa shape index (κ2) is 9.46. The van der Waals surface area contributed by atoms with E-state index in [0.717, 1.165) is 17.3 Å². The molecule has 172 valence electrons. The maximum Gasteiger partial charge on any atom is 0.243 e. The van der Waals surface area contributed by atoms with Gasteiger partial charge in [0.25, 0.3) is 0 Å². The van der Waals surface area contributed by atoms with E-state index in [-0.39, 0.29) is 10.9 Å². The molecule has 2 aliphatic rings. The molecule has 0 saturated carbocycles. The molecule has 1 saturated heterocycles. The van der Waals surface area contributed by atoms with Gasteiger partial charge in [-0.2, -0.15) is 4.31 Å². The topological polar surface area (TPSA) is 59.1 Å². The second-order valence-corrected chi connectivity index (χ2v) is 11.1. The molecule has 33 heavy (non-hydrogen) atoms. The number of piperidine rings is 1. The number of hydrogen-bond acceptors (Lipinski definition) is 5. The van der Waals surface area contributed by atoms with E-state index in [1.807, 2.05) is 36.4 Å². The SMILES string of the molecule is O=S(=O)(c1ccc(Oc2ccc(Br)cc2)cc1)N1CCC(N2COCc3ccccc32)CC1. The second-order valence-electron chi connectivity index (χ2n) is 8.24. The van der Waals surface area contributed by atoms with Crippen LogP contribution < -0.4 is 9.64 Å². The van der Waals surface area contributed by atoms with Crippen molar-refractivity contribution < 1.29 is 17.9 Å². The van der Waals surface area contributed by atoms with Crippen molar-refractivity contribution >= 4 is 31.6 Å². The standard InChI is InChI=1S/C25H25BrN2O4S/c26-20-5-7-22(8-6-20)32-23-9-11-24(12-10-23)33(29,30)27-15-13-21(14-16-27)28-18-31-17-19-3-1-2-4-25(19)28/h1-12,21H,13-18H2. The lowest BCUT2D eigenvalue weighted by atomic mass is 10.0. The minimum Gasteiger partial charge on any atom is -0.457 e. The van der Waals surface area contributed by atoms with Crippen LogP contribution in [0.2, 0.25) is 0 Å². The van der Waals surface area contributed by atoms with Gasteiger partial charge in [-0.3, -0.25) is 0 Å². The maximum absolute atomic E-state index is 13.2. The summed E-state index contributed by atoms with van der Waals surface area (Å²) >= 11 is 3.40. The number of ether oxygens (including phenoxy) is 2. The van der Waals surface area contributed by atoms with E-state index in [0.29, 0.717) is 37.9 Å². The molecule has 0 aromatic heterocycles.